The first-order valence-corrected chi connectivity index (χ1v) is 8.89. The molecule has 0 fully saturated rings. The van der Waals surface area contributed by atoms with Crippen LogP contribution in [0.5, 0.6) is 5.75 Å². The van der Waals surface area contributed by atoms with Gasteiger partial charge in [0.2, 0.25) is 0 Å². The van der Waals surface area contributed by atoms with Gasteiger partial charge in [0.15, 0.2) is 0 Å². The molecule has 1 aromatic heterocycles. The predicted octanol–water partition coefficient (Wildman–Crippen LogP) is 2.92. The first kappa shape index (κ1) is 19.1. The largest absolute Gasteiger partial charge is 0.497 e. The number of ether oxygens (including phenoxy) is 1. The molecule has 0 aliphatic rings. The lowest BCUT2D eigenvalue weighted by Gasteiger charge is -2.08. The summed E-state index contributed by atoms with van der Waals surface area (Å²) in [6.07, 6.45) is 1.56. The first-order valence-electron chi connectivity index (χ1n) is 8.89. The van der Waals surface area contributed by atoms with Crippen molar-refractivity contribution >= 4 is 11.8 Å². The Balaban J connectivity index is 1.50. The van der Waals surface area contributed by atoms with E-state index in [0.29, 0.717) is 24.3 Å². The summed E-state index contributed by atoms with van der Waals surface area (Å²) in [6, 6.07) is 20.2. The van der Waals surface area contributed by atoms with Crippen molar-refractivity contribution in [2.45, 2.75) is 0 Å². The van der Waals surface area contributed by atoms with Crippen LogP contribution < -0.4 is 15.4 Å². The van der Waals surface area contributed by atoms with Crippen LogP contribution in [0.3, 0.4) is 0 Å². The van der Waals surface area contributed by atoms with E-state index in [2.05, 4.69) is 15.6 Å². The molecule has 0 bridgehead atoms. The predicted molar refractivity (Wildman–Crippen MR) is 107 cm³/mol. The molecule has 28 heavy (non-hydrogen) atoms. The highest BCUT2D eigenvalue weighted by atomic mass is 16.5. The minimum absolute atomic E-state index is 0.190. The summed E-state index contributed by atoms with van der Waals surface area (Å²) in [5, 5.41) is 5.51. The van der Waals surface area contributed by atoms with E-state index in [1.807, 2.05) is 36.4 Å². The molecule has 0 aliphatic carbocycles. The zero-order chi connectivity index (χ0) is 19.8. The van der Waals surface area contributed by atoms with Gasteiger partial charge in [0.1, 0.15) is 11.4 Å². The molecule has 0 saturated heterocycles. The van der Waals surface area contributed by atoms with Gasteiger partial charge in [-0.2, -0.15) is 0 Å². The molecule has 0 aliphatic heterocycles. The van der Waals surface area contributed by atoms with Gasteiger partial charge in [-0.1, -0.05) is 30.3 Å². The number of aromatic nitrogens is 1. The Kier molecular flexibility index (Phi) is 6.36. The Morgan fingerprint density at radius 1 is 0.857 bits per heavy atom. The lowest BCUT2D eigenvalue weighted by atomic mass is 10.0. The van der Waals surface area contributed by atoms with E-state index >= 15 is 0 Å². The van der Waals surface area contributed by atoms with Crippen molar-refractivity contribution in [3.63, 3.8) is 0 Å². The van der Waals surface area contributed by atoms with Gasteiger partial charge >= 0.3 is 0 Å². The summed E-state index contributed by atoms with van der Waals surface area (Å²) in [5.41, 5.74) is 2.92. The maximum Gasteiger partial charge on any atom is 0.269 e. The second-order valence-corrected chi connectivity index (χ2v) is 6.04. The molecule has 6 heteroatoms. The number of methoxy groups -OCH3 is 1. The van der Waals surface area contributed by atoms with Crippen molar-refractivity contribution in [3.8, 4) is 16.9 Å². The number of benzene rings is 2. The fourth-order valence-corrected chi connectivity index (χ4v) is 2.66. The quantitative estimate of drug-likeness (QED) is 0.622. The minimum Gasteiger partial charge on any atom is -0.497 e. The van der Waals surface area contributed by atoms with Gasteiger partial charge < -0.3 is 15.4 Å². The van der Waals surface area contributed by atoms with Crippen LogP contribution in [0, 0.1) is 0 Å². The number of nitrogens with one attached hydrogen (secondary N) is 2. The molecule has 2 aromatic carbocycles. The van der Waals surface area contributed by atoms with Crippen LogP contribution >= 0.6 is 0 Å². The molecular weight excluding hydrogens is 354 g/mol. The zero-order valence-electron chi connectivity index (χ0n) is 15.5. The lowest BCUT2D eigenvalue weighted by molar-refractivity contribution is 0.0925. The number of carbonyl (C=O) groups is 2. The Morgan fingerprint density at radius 3 is 2.29 bits per heavy atom. The first-order chi connectivity index (χ1) is 13.7. The second kappa shape index (κ2) is 9.32. The van der Waals surface area contributed by atoms with Gasteiger partial charge in [0.25, 0.3) is 11.8 Å². The molecule has 0 saturated carbocycles. The van der Waals surface area contributed by atoms with Crippen molar-refractivity contribution in [2.75, 3.05) is 20.2 Å². The Labute approximate surface area is 163 Å². The van der Waals surface area contributed by atoms with Crippen LogP contribution in [-0.4, -0.2) is 37.0 Å². The molecule has 0 unspecified atom stereocenters. The number of rotatable bonds is 7. The summed E-state index contributed by atoms with van der Waals surface area (Å²) in [7, 11) is 1.63. The average molecular weight is 375 g/mol. The molecular formula is C22H21N3O3. The summed E-state index contributed by atoms with van der Waals surface area (Å²) in [5.74, 6) is 0.328. The van der Waals surface area contributed by atoms with E-state index in [1.165, 1.54) is 0 Å². The van der Waals surface area contributed by atoms with Crippen molar-refractivity contribution in [1.82, 2.24) is 15.6 Å². The molecule has 0 spiro atoms. The van der Waals surface area contributed by atoms with Crippen LogP contribution in [0.25, 0.3) is 11.1 Å². The summed E-state index contributed by atoms with van der Waals surface area (Å²) < 4.78 is 5.24. The van der Waals surface area contributed by atoms with E-state index in [4.69, 9.17) is 4.74 Å². The summed E-state index contributed by atoms with van der Waals surface area (Å²) in [4.78, 5) is 28.1. The van der Waals surface area contributed by atoms with Crippen LogP contribution in [0.2, 0.25) is 0 Å². The van der Waals surface area contributed by atoms with Crippen molar-refractivity contribution in [2.24, 2.45) is 0 Å². The molecule has 6 nitrogen and oxygen atoms in total. The molecule has 0 atom stereocenters. The average Bonchev–Trinajstić information content (AvgIpc) is 2.77. The molecule has 2 amide bonds. The molecule has 142 valence electrons. The number of hydrogen-bond acceptors (Lipinski definition) is 4. The molecule has 2 N–H and O–H groups in total. The Bertz CT molecular complexity index is 941. The van der Waals surface area contributed by atoms with Gasteiger partial charge in [0, 0.05) is 24.8 Å². The van der Waals surface area contributed by atoms with Gasteiger partial charge in [-0.05, 0) is 47.5 Å². The number of hydrogen-bond donors (Lipinski definition) is 2. The van der Waals surface area contributed by atoms with E-state index in [0.717, 1.165) is 16.9 Å². The Morgan fingerprint density at radius 2 is 1.61 bits per heavy atom. The Hall–Kier alpha value is -3.67. The zero-order valence-corrected chi connectivity index (χ0v) is 15.5. The van der Waals surface area contributed by atoms with E-state index in [1.54, 1.807) is 43.6 Å². The lowest BCUT2D eigenvalue weighted by Crippen LogP contribution is -2.34. The van der Waals surface area contributed by atoms with Gasteiger partial charge in [0.05, 0.1) is 7.11 Å². The van der Waals surface area contributed by atoms with Crippen LogP contribution in [0.15, 0.2) is 72.9 Å². The van der Waals surface area contributed by atoms with Crippen molar-refractivity contribution in [1.29, 1.82) is 0 Å². The fraction of sp³-hybridized carbons (Fsp3) is 0.136. The smallest absolute Gasteiger partial charge is 0.269 e. The SMILES string of the molecule is COc1cccc(-c2ccc(C(=O)NCCNC(=O)c3ccccn3)cc2)c1. The topological polar surface area (TPSA) is 80.3 Å². The number of amides is 2. The van der Waals surface area contributed by atoms with Crippen LogP contribution in [0.1, 0.15) is 20.8 Å². The summed E-state index contributed by atoms with van der Waals surface area (Å²) in [6.45, 7) is 0.651. The minimum atomic E-state index is -0.266. The third kappa shape index (κ3) is 4.94. The number of nitrogens with zero attached hydrogens (tertiary/aromatic N) is 1. The highest BCUT2D eigenvalue weighted by Crippen LogP contribution is 2.24. The van der Waals surface area contributed by atoms with Gasteiger partial charge in [-0.15, -0.1) is 0 Å². The van der Waals surface area contributed by atoms with Crippen LogP contribution in [0.4, 0.5) is 0 Å². The van der Waals surface area contributed by atoms with Gasteiger partial charge in [-0.3, -0.25) is 14.6 Å². The molecule has 1 heterocycles. The van der Waals surface area contributed by atoms with E-state index in [9.17, 15) is 9.59 Å². The van der Waals surface area contributed by atoms with Gasteiger partial charge in [-0.25, -0.2) is 0 Å². The molecule has 0 radical (unpaired) electrons. The van der Waals surface area contributed by atoms with Crippen molar-refractivity contribution in [3.05, 3.63) is 84.2 Å². The molecule has 3 rings (SSSR count). The fourth-order valence-electron chi connectivity index (χ4n) is 2.66. The van der Waals surface area contributed by atoms with Crippen molar-refractivity contribution < 1.29 is 14.3 Å². The van der Waals surface area contributed by atoms with E-state index in [-0.39, 0.29) is 11.8 Å². The maximum atomic E-state index is 12.3. The highest BCUT2D eigenvalue weighted by Gasteiger charge is 2.08. The normalized spacial score (nSPS) is 10.2. The third-order valence-electron chi connectivity index (χ3n) is 4.14. The standard InChI is InChI=1S/C22H21N3O3/c1-28-19-6-4-5-18(15-19)16-8-10-17(11-9-16)21(26)24-13-14-25-22(27)20-7-2-3-12-23-20/h2-12,15H,13-14H2,1H3,(H,24,26)(H,25,27). The second-order valence-electron chi connectivity index (χ2n) is 6.04. The summed E-state index contributed by atoms with van der Waals surface area (Å²) >= 11 is 0. The van der Waals surface area contributed by atoms with Crippen LogP contribution in [-0.2, 0) is 0 Å². The van der Waals surface area contributed by atoms with E-state index < -0.39 is 0 Å². The monoisotopic (exact) mass is 375 g/mol. The molecule has 3 aromatic rings. The third-order valence-corrected chi connectivity index (χ3v) is 4.14. The highest BCUT2D eigenvalue weighted by molar-refractivity contribution is 5.95. The maximum absolute atomic E-state index is 12.3. The number of carbonyl (C=O) groups excluding carboxylic acids is 2. The number of pyridine rings is 1.